The van der Waals surface area contributed by atoms with Crippen molar-refractivity contribution in [3.63, 3.8) is 0 Å². The molecule has 0 unspecified atom stereocenters. The minimum Gasteiger partial charge on any atom is -0.497 e. The van der Waals surface area contributed by atoms with E-state index >= 15 is 0 Å². The maximum absolute atomic E-state index is 13.9. The van der Waals surface area contributed by atoms with Crippen molar-refractivity contribution < 1.29 is 23.4 Å². The van der Waals surface area contributed by atoms with Crippen molar-refractivity contribution in [3.8, 4) is 22.8 Å². The normalized spacial score (nSPS) is 15.1. The number of ether oxygens (including phenoxy) is 3. The molecule has 0 N–H and O–H groups in total. The molecule has 0 bridgehead atoms. The summed E-state index contributed by atoms with van der Waals surface area (Å²) < 4.78 is 24.3. The van der Waals surface area contributed by atoms with Gasteiger partial charge in [-0.25, -0.2) is 9.79 Å². The zero-order valence-electron chi connectivity index (χ0n) is 22.0. The fraction of sp³-hybridized carbons (Fsp3) is 0.207. The molecule has 0 saturated carbocycles. The zero-order valence-corrected chi connectivity index (χ0v) is 24.3. The average molecular weight is 599 g/mol. The molecule has 5 rings (SSSR count). The molecule has 1 aliphatic heterocycles. The first-order chi connectivity index (χ1) is 19.2. The van der Waals surface area contributed by atoms with E-state index in [1.807, 2.05) is 0 Å². The molecule has 0 saturated heterocycles. The minimum absolute atomic E-state index is 0.168. The van der Waals surface area contributed by atoms with Crippen LogP contribution in [0.1, 0.15) is 31.2 Å². The highest BCUT2D eigenvalue weighted by molar-refractivity contribution is 7.07. The van der Waals surface area contributed by atoms with Crippen LogP contribution in [0.25, 0.3) is 17.4 Å². The number of benzene rings is 2. The summed E-state index contributed by atoms with van der Waals surface area (Å²) in [5.74, 6) is 1.49. The second kappa shape index (κ2) is 11.4. The zero-order chi connectivity index (χ0) is 28.6. The first-order valence-electron chi connectivity index (χ1n) is 12.2. The van der Waals surface area contributed by atoms with Gasteiger partial charge in [-0.3, -0.25) is 9.36 Å². The van der Waals surface area contributed by atoms with Gasteiger partial charge in [-0.1, -0.05) is 34.5 Å². The lowest BCUT2D eigenvalue weighted by Gasteiger charge is -2.26. The van der Waals surface area contributed by atoms with Crippen molar-refractivity contribution in [1.82, 2.24) is 4.57 Å². The third kappa shape index (κ3) is 5.08. The summed E-state index contributed by atoms with van der Waals surface area (Å²) in [6.45, 7) is 3.61. The quantitative estimate of drug-likeness (QED) is 0.265. The first-order valence-corrected chi connectivity index (χ1v) is 13.8. The van der Waals surface area contributed by atoms with Crippen LogP contribution in [0.3, 0.4) is 0 Å². The number of methoxy groups -OCH3 is 2. The summed E-state index contributed by atoms with van der Waals surface area (Å²) >= 11 is 13.4. The van der Waals surface area contributed by atoms with Gasteiger partial charge >= 0.3 is 5.97 Å². The van der Waals surface area contributed by atoms with Gasteiger partial charge in [-0.15, -0.1) is 0 Å². The second-order valence-electron chi connectivity index (χ2n) is 8.74. The molecule has 0 radical (unpaired) electrons. The number of allylic oxidation sites excluding steroid dienone is 1. The number of nitrogens with zero attached hydrogens (tertiary/aromatic N) is 2. The van der Waals surface area contributed by atoms with Gasteiger partial charge < -0.3 is 18.6 Å². The summed E-state index contributed by atoms with van der Waals surface area (Å²) in [5, 5.41) is 0.851. The highest BCUT2D eigenvalue weighted by Gasteiger charge is 2.35. The maximum Gasteiger partial charge on any atom is 0.338 e. The van der Waals surface area contributed by atoms with Gasteiger partial charge in [0.1, 0.15) is 29.1 Å². The fourth-order valence-electron chi connectivity index (χ4n) is 4.50. The lowest BCUT2D eigenvalue weighted by molar-refractivity contribution is -0.139. The van der Waals surface area contributed by atoms with E-state index < -0.39 is 12.0 Å². The number of fused-ring (bicyclic) bond motifs is 1. The molecular formula is C29H24Cl2N2O6S. The van der Waals surface area contributed by atoms with Gasteiger partial charge in [-0.2, -0.15) is 0 Å². The lowest BCUT2D eigenvalue weighted by atomic mass is 9.95. The number of hydrogen-bond donors (Lipinski definition) is 0. The summed E-state index contributed by atoms with van der Waals surface area (Å²) in [6.07, 6.45) is 1.65. The van der Waals surface area contributed by atoms with Crippen LogP contribution in [0.5, 0.6) is 11.5 Å². The van der Waals surface area contributed by atoms with Crippen molar-refractivity contribution >= 4 is 46.6 Å². The number of furan rings is 1. The van der Waals surface area contributed by atoms with Gasteiger partial charge in [0, 0.05) is 17.2 Å². The van der Waals surface area contributed by atoms with Crippen molar-refractivity contribution in [2.45, 2.75) is 19.9 Å². The van der Waals surface area contributed by atoms with Crippen LogP contribution in [-0.2, 0) is 9.53 Å². The molecule has 2 aromatic heterocycles. The van der Waals surface area contributed by atoms with Crippen molar-refractivity contribution in [2.75, 3.05) is 20.8 Å². The van der Waals surface area contributed by atoms with Gasteiger partial charge in [0.25, 0.3) is 5.56 Å². The molecule has 1 atom stereocenters. The van der Waals surface area contributed by atoms with E-state index in [9.17, 15) is 9.59 Å². The molecular weight excluding hydrogens is 575 g/mol. The average Bonchev–Trinajstić information content (AvgIpc) is 3.53. The van der Waals surface area contributed by atoms with E-state index in [0.29, 0.717) is 53.7 Å². The van der Waals surface area contributed by atoms with Gasteiger partial charge in [0.05, 0.1) is 46.7 Å². The van der Waals surface area contributed by atoms with Crippen molar-refractivity contribution in [1.29, 1.82) is 0 Å². The summed E-state index contributed by atoms with van der Waals surface area (Å²) in [6, 6.07) is 13.1. The Morgan fingerprint density at radius 3 is 2.60 bits per heavy atom. The van der Waals surface area contributed by atoms with E-state index in [-0.39, 0.29) is 17.7 Å². The summed E-state index contributed by atoms with van der Waals surface area (Å²) in [4.78, 5) is 32.1. The molecule has 40 heavy (non-hydrogen) atoms. The smallest absolute Gasteiger partial charge is 0.338 e. The Kier molecular flexibility index (Phi) is 7.89. The standard InChI is InChI=1S/C29H24Cl2N2O6S/c1-5-38-28(35)25-15(2)32-29-33(26(25)19-13-17(36-3)7-11-23(19)37-4)27(34)24(40-29)14-18-8-10-22(39-18)16-6-9-20(30)21(31)12-16/h6-14,26H,5H2,1-4H3/b24-14+/t26-/m0/s1. The first kappa shape index (κ1) is 27.8. The minimum atomic E-state index is -0.856. The summed E-state index contributed by atoms with van der Waals surface area (Å²) in [5.41, 5.74) is 1.65. The predicted molar refractivity (Wildman–Crippen MR) is 154 cm³/mol. The monoisotopic (exact) mass is 598 g/mol. The van der Waals surface area contributed by atoms with E-state index in [1.165, 1.54) is 23.0 Å². The van der Waals surface area contributed by atoms with E-state index in [0.717, 1.165) is 5.56 Å². The topological polar surface area (TPSA) is 92.3 Å². The second-order valence-corrected chi connectivity index (χ2v) is 10.6. The predicted octanol–water partition coefficient (Wildman–Crippen LogP) is 5.38. The molecule has 206 valence electrons. The van der Waals surface area contributed by atoms with E-state index in [1.54, 1.807) is 75.6 Å². The molecule has 4 aromatic rings. The maximum atomic E-state index is 13.9. The Labute approximate surface area is 243 Å². The van der Waals surface area contributed by atoms with Crippen LogP contribution in [0.4, 0.5) is 0 Å². The highest BCUT2D eigenvalue weighted by atomic mass is 35.5. The van der Waals surface area contributed by atoms with Crippen LogP contribution in [0.2, 0.25) is 10.0 Å². The van der Waals surface area contributed by atoms with Crippen LogP contribution in [0.15, 0.2) is 74.0 Å². The molecule has 0 spiro atoms. The number of carbonyl (C=O) groups is 1. The molecule has 0 amide bonds. The van der Waals surface area contributed by atoms with E-state index in [4.69, 9.17) is 41.8 Å². The fourth-order valence-corrected chi connectivity index (χ4v) is 5.83. The number of halogens is 2. The number of thiazole rings is 1. The third-order valence-corrected chi connectivity index (χ3v) is 8.07. The lowest BCUT2D eigenvalue weighted by Crippen LogP contribution is -2.40. The van der Waals surface area contributed by atoms with Crippen molar-refractivity contribution in [2.24, 2.45) is 4.99 Å². The summed E-state index contributed by atoms with van der Waals surface area (Å²) in [7, 11) is 3.07. The highest BCUT2D eigenvalue weighted by Crippen LogP contribution is 2.38. The van der Waals surface area contributed by atoms with Crippen molar-refractivity contribution in [3.05, 3.63) is 101 Å². The molecule has 0 aliphatic carbocycles. The van der Waals surface area contributed by atoms with Crippen LogP contribution in [-0.4, -0.2) is 31.4 Å². The Balaban J connectivity index is 1.68. The van der Waals surface area contributed by atoms with Gasteiger partial charge in [0.15, 0.2) is 4.80 Å². The van der Waals surface area contributed by atoms with Gasteiger partial charge in [-0.05, 0) is 62.4 Å². The molecule has 1 aliphatic rings. The molecule has 11 heteroatoms. The Morgan fingerprint density at radius 1 is 1.10 bits per heavy atom. The largest absolute Gasteiger partial charge is 0.497 e. The number of carbonyl (C=O) groups excluding carboxylic acids is 1. The number of hydrogen-bond acceptors (Lipinski definition) is 8. The van der Waals surface area contributed by atoms with Crippen LogP contribution < -0.4 is 24.4 Å². The Hall–Kier alpha value is -3.79. The number of esters is 1. The molecule has 2 aromatic carbocycles. The SMILES string of the molecule is CCOC(=O)C1=C(C)N=c2s/c(=C/c3ccc(-c4ccc(Cl)c(Cl)c4)o3)c(=O)n2[C@H]1c1cc(OC)ccc1OC. The Bertz CT molecular complexity index is 1840. The molecule has 8 nitrogen and oxygen atoms in total. The van der Waals surface area contributed by atoms with Crippen LogP contribution >= 0.6 is 34.5 Å². The van der Waals surface area contributed by atoms with E-state index in [2.05, 4.69) is 4.99 Å². The van der Waals surface area contributed by atoms with Gasteiger partial charge in [0.2, 0.25) is 0 Å². The molecule has 3 heterocycles. The third-order valence-electron chi connectivity index (χ3n) is 6.35. The number of aromatic nitrogens is 1. The van der Waals surface area contributed by atoms with Crippen LogP contribution in [0, 0.1) is 0 Å². The number of rotatable bonds is 7. The molecule has 0 fully saturated rings. The Morgan fingerprint density at radius 2 is 1.90 bits per heavy atom.